The molecule has 1 heterocycles. The molecule has 2 aromatic rings. The summed E-state index contributed by atoms with van der Waals surface area (Å²) < 4.78 is 4.50. The molecule has 3 heteroatoms. The van der Waals surface area contributed by atoms with Crippen molar-refractivity contribution in [3.05, 3.63) is 66.2 Å². The maximum absolute atomic E-state index is 11.5. The van der Waals surface area contributed by atoms with E-state index in [-0.39, 0.29) is 0 Å². The van der Waals surface area contributed by atoms with E-state index in [4.69, 9.17) is 0 Å². The summed E-state index contributed by atoms with van der Waals surface area (Å²) >= 11 is 0. The quantitative estimate of drug-likeness (QED) is 0.608. The van der Waals surface area contributed by atoms with Gasteiger partial charge in [0.15, 0.2) is 0 Å². The molecule has 3 nitrogen and oxygen atoms in total. The fraction of sp³-hybridized carbons (Fsp3) is 0. The Labute approximate surface area is 110 Å². The van der Waals surface area contributed by atoms with Crippen LogP contribution in [0.3, 0.4) is 0 Å². The molecule has 1 aliphatic heterocycles. The van der Waals surface area contributed by atoms with E-state index in [1.165, 1.54) is 6.08 Å². The molecule has 1 aliphatic rings. The zero-order chi connectivity index (χ0) is 13.2. The Morgan fingerprint density at radius 2 is 1.42 bits per heavy atom. The van der Waals surface area contributed by atoms with E-state index in [2.05, 4.69) is 4.74 Å². The maximum atomic E-state index is 11.5. The molecule has 0 spiro atoms. The van der Waals surface area contributed by atoms with Crippen molar-refractivity contribution in [2.45, 2.75) is 0 Å². The van der Waals surface area contributed by atoms with Crippen LogP contribution >= 0.6 is 0 Å². The van der Waals surface area contributed by atoms with E-state index in [9.17, 15) is 9.59 Å². The molecule has 0 saturated carbocycles. The second-order valence-electron chi connectivity index (χ2n) is 4.21. The van der Waals surface area contributed by atoms with Crippen LogP contribution in [-0.2, 0) is 14.3 Å². The Balaban J connectivity index is 2.04. The molecule has 0 atom stereocenters. The first-order chi connectivity index (χ1) is 9.24. The zero-order valence-electron chi connectivity index (χ0n) is 10.00. The molecule has 0 aromatic heterocycles. The summed E-state index contributed by atoms with van der Waals surface area (Å²) in [7, 11) is 0. The predicted molar refractivity (Wildman–Crippen MR) is 71.0 cm³/mol. The number of cyclic esters (lactones) is 2. The van der Waals surface area contributed by atoms with Crippen LogP contribution in [0.1, 0.15) is 5.56 Å². The van der Waals surface area contributed by atoms with Gasteiger partial charge in [-0.2, -0.15) is 0 Å². The molecule has 0 unspecified atom stereocenters. The van der Waals surface area contributed by atoms with Crippen molar-refractivity contribution < 1.29 is 14.3 Å². The molecule has 3 rings (SSSR count). The highest BCUT2D eigenvalue weighted by Gasteiger charge is 2.24. The van der Waals surface area contributed by atoms with E-state index in [0.29, 0.717) is 11.1 Å². The number of hydrogen-bond acceptors (Lipinski definition) is 3. The van der Waals surface area contributed by atoms with Gasteiger partial charge in [-0.3, -0.25) is 0 Å². The highest BCUT2D eigenvalue weighted by Crippen LogP contribution is 2.26. The van der Waals surface area contributed by atoms with Gasteiger partial charge in [0.05, 0.1) is 5.57 Å². The van der Waals surface area contributed by atoms with Crippen molar-refractivity contribution in [2.75, 3.05) is 0 Å². The smallest absolute Gasteiger partial charge is 0.346 e. The molecular weight excluding hydrogens is 240 g/mol. The molecule has 0 fully saturated rings. The van der Waals surface area contributed by atoms with Crippen LogP contribution in [0.5, 0.6) is 0 Å². The Kier molecular flexibility index (Phi) is 2.72. The summed E-state index contributed by atoms with van der Waals surface area (Å²) in [4.78, 5) is 22.6. The van der Waals surface area contributed by atoms with Crippen molar-refractivity contribution >= 4 is 17.5 Å². The number of esters is 2. The van der Waals surface area contributed by atoms with Crippen LogP contribution in [0.15, 0.2) is 60.7 Å². The monoisotopic (exact) mass is 250 g/mol. The van der Waals surface area contributed by atoms with Gasteiger partial charge in [0.1, 0.15) is 0 Å². The topological polar surface area (TPSA) is 43.4 Å². The number of carbonyl (C=O) groups excluding carboxylic acids is 2. The molecule has 0 radical (unpaired) electrons. The molecule has 0 saturated heterocycles. The van der Waals surface area contributed by atoms with Gasteiger partial charge in [0, 0.05) is 6.08 Å². The van der Waals surface area contributed by atoms with Gasteiger partial charge in [0.2, 0.25) is 0 Å². The van der Waals surface area contributed by atoms with Crippen LogP contribution in [0.4, 0.5) is 0 Å². The van der Waals surface area contributed by atoms with Gasteiger partial charge in [-0.15, -0.1) is 0 Å². The zero-order valence-corrected chi connectivity index (χ0v) is 10.00. The van der Waals surface area contributed by atoms with Crippen LogP contribution in [0, 0.1) is 0 Å². The summed E-state index contributed by atoms with van der Waals surface area (Å²) in [5, 5.41) is 0. The van der Waals surface area contributed by atoms with Crippen LogP contribution in [0.2, 0.25) is 0 Å². The fourth-order valence-electron chi connectivity index (χ4n) is 2.05. The maximum Gasteiger partial charge on any atom is 0.346 e. The standard InChI is InChI=1S/C16H10O3/c17-15-10-14(16(18)19-15)13-8-4-7-12(9-13)11-5-2-1-3-6-11/h1-10H. The molecular formula is C16H10O3. The molecule has 0 amide bonds. The van der Waals surface area contributed by atoms with Crippen molar-refractivity contribution in [3.8, 4) is 11.1 Å². The van der Waals surface area contributed by atoms with E-state index < -0.39 is 11.9 Å². The first-order valence-corrected chi connectivity index (χ1v) is 5.88. The normalized spacial score (nSPS) is 14.2. The number of rotatable bonds is 2. The Morgan fingerprint density at radius 1 is 0.737 bits per heavy atom. The molecule has 0 N–H and O–H groups in total. The molecule has 0 bridgehead atoms. The summed E-state index contributed by atoms with van der Waals surface area (Å²) in [6, 6.07) is 17.3. The van der Waals surface area contributed by atoms with E-state index in [1.807, 2.05) is 48.5 Å². The highest BCUT2D eigenvalue weighted by molar-refractivity contribution is 6.28. The Hall–Kier alpha value is -2.68. The summed E-state index contributed by atoms with van der Waals surface area (Å²) in [6.07, 6.45) is 1.23. The lowest BCUT2D eigenvalue weighted by Crippen LogP contribution is -2.01. The molecule has 2 aromatic carbocycles. The van der Waals surface area contributed by atoms with Crippen LogP contribution < -0.4 is 0 Å². The van der Waals surface area contributed by atoms with E-state index in [1.54, 1.807) is 6.07 Å². The van der Waals surface area contributed by atoms with Gasteiger partial charge in [-0.05, 0) is 22.8 Å². The largest absolute Gasteiger partial charge is 0.386 e. The third kappa shape index (κ3) is 2.18. The van der Waals surface area contributed by atoms with Crippen molar-refractivity contribution in [2.24, 2.45) is 0 Å². The van der Waals surface area contributed by atoms with E-state index >= 15 is 0 Å². The van der Waals surface area contributed by atoms with Gasteiger partial charge in [0.25, 0.3) is 0 Å². The second-order valence-corrected chi connectivity index (χ2v) is 4.21. The van der Waals surface area contributed by atoms with Gasteiger partial charge in [-0.25, -0.2) is 9.59 Å². The molecule has 92 valence electrons. The van der Waals surface area contributed by atoms with Crippen LogP contribution in [0.25, 0.3) is 16.7 Å². The van der Waals surface area contributed by atoms with Gasteiger partial charge >= 0.3 is 11.9 Å². The number of ether oxygens (including phenoxy) is 1. The first-order valence-electron chi connectivity index (χ1n) is 5.88. The first kappa shape index (κ1) is 11.4. The lowest BCUT2D eigenvalue weighted by atomic mass is 9.99. The third-order valence-corrected chi connectivity index (χ3v) is 2.96. The average Bonchev–Trinajstić information content (AvgIpc) is 2.79. The van der Waals surface area contributed by atoms with Crippen molar-refractivity contribution in [1.82, 2.24) is 0 Å². The second kappa shape index (κ2) is 4.53. The SMILES string of the molecule is O=C1C=C(c2cccc(-c3ccccc3)c2)C(=O)O1. The highest BCUT2D eigenvalue weighted by atomic mass is 16.6. The predicted octanol–water partition coefficient (Wildman–Crippen LogP) is 2.82. The number of carbonyl (C=O) groups is 2. The summed E-state index contributed by atoms with van der Waals surface area (Å²) in [5.74, 6) is -1.19. The van der Waals surface area contributed by atoms with Gasteiger partial charge in [-0.1, -0.05) is 48.5 Å². The van der Waals surface area contributed by atoms with E-state index in [0.717, 1.165) is 11.1 Å². The lowest BCUT2D eigenvalue weighted by Gasteiger charge is -2.04. The Bertz CT molecular complexity index is 684. The number of hydrogen-bond donors (Lipinski definition) is 0. The fourth-order valence-corrected chi connectivity index (χ4v) is 2.05. The van der Waals surface area contributed by atoms with Crippen molar-refractivity contribution in [3.63, 3.8) is 0 Å². The van der Waals surface area contributed by atoms with Gasteiger partial charge < -0.3 is 4.74 Å². The number of benzene rings is 2. The third-order valence-electron chi connectivity index (χ3n) is 2.96. The minimum absolute atomic E-state index is 0.308. The Morgan fingerprint density at radius 3 is 2.11 bits per heavy atom. The average molecular weight is 250 g/mol. The lowest BCUT2D eigenvalue weighted by molar-refractivity contribution is -0.149. The van der Waals surface area contributed by atoms with Crippen LogP contribution in [-0.4, -0.2) is 11.9 Å². The summed E-state index contributed by atoms with van der Waals surface area (Å²) in [6.45, 7) is 0. The van der Waals surface area contributed by atoms with Crippen molar-refractivity contribution in [1.29, 1.82) is 0 Å². The minimum atomic E-state index is -0.606. The summed E-state index contributed by atoms with van der Waals surface area (Å²) in [5.41, 5.74) is 3.05. The molecule has 0 aliphatic carbocycles. The minimum Gasteiger partial charge on any atom is -0.386 e. The molecule has 19 heavy (non-hydrogen) atoms.